The van der Waals surface area contributed by atoms with Crippen molar-refractivity contribution in [3.63, 3.8) is 0 Å². The zero-order valence-electron chi connectivity index (χ0n) is 20.0. The third-order valence-electron chi connectivity index (χ3n) is 5.63. The van der Waals surface area contributed by atoms with Crippen LogP contribution in [0.25, 0.3) is 6.08 Å². The Morgan fingerprint density at radius 1 is 0.892 bits per heavy atom. The summed E-state index contributed by atoms with van der Waals surface area (Å²) in [5.74, 6) is 0.482. The Kier molecular flexibility index (Phi) is 7.33. The van der Waals surface area contributed by atoms with Gasteiger partial charge in [-0.15, -0.1) is 0 Å². The van der Waals surface area contributed by atoms with Crippen molar-refractivity contribution in [2.24, 2.45) is 4.99 Å². The fraction of sp³-hybridized carbons (Fsp3) is 0.0667. The van der Waals surface area contributed by atoms with Crippen molar-refractivity contribution in [2.75, 3.05) is 12.0 Å². The molecule has 1 fully saturated rings. The Morgan fingerprint density at radius 2 is 1.59 bits per heavy atom. The largest absolute Gasteiger partial charge is 0.493 e. The molecule has 0 N–H and O–H groups in total. The first kappa shape index (κ1) is 24.3. The Labute approximate surface area is 218 Å². The third kappa shape index (κ3) is 5.57. The van der Waals surface area contributed by atoms with Crippen LogP contribution in [-0.2, 0) is 11.4 Å². The van der Waals surface area contributed by atoms with Gasteiger partial charge in [0.15, 0.2) is 16.7 Å². The van der Waals surface area contributed by atoms with Gasteiger partial charge >= 0.3 is 0 Å². The van der Waals surface area contributed by atoms with E-state index in [-0.39, 0.29) is 18.3 Å². The molecule has 1 aliphatic heterocycles. The van der Waals surface area contributed by atoms with E-state index in [1.165, 1.54) is 17.8 Å². The fourth-order valence-electron chi connectivity index (χ4n) is 3.78. The Morgan fingerprint density at radius 3 is 2.32 bits per heavy atom. The van der Waals surface area contributed by atoms with Crippen LogP contribution in [-0.4, -0.2) is 18.2 Å². The lowest BCUT2D eigenvalue weighted by molar-refractivity contribution is -0.113. The van der Waals surface area contributed by atoms with Gasteiger partial charge in [-0.3, -0.25) is 9.69 Å². The van der Waals surface area contributed by atoms with E-state index in [2.05, 4.69) is 0 Å². The van der Waals surface area contributed by atoms with Gasteiger partial charge in [-0.2, -0.15) is 0 Å². The van der Waals surface area contributed by atoms with E-state index in [4.69, 9.17) is 14.5 Å². The number of halogens is 1. The maximum atomic E-state index is 14.0. The molecular formula is C30H23FN2O3S. The molecule has 5 nitrogen and oxygen atoms in total. The van der Waals surface area contributed by atoms with Crippen molar-refractivity contribution >= 4 is 40.3 Å². The molecule has 5 rings (SSSR count). The van der Waals surface area contributed by atoms with Gasteiger partial charge in [0, 0.05) is 5.56 Å². The molecule has 1 amide bonds. The number of para-hydroxylation sites is 2. The van der Waals surface area contributed by atoms with Crippen LogP contribution in [0.3, 0.4) is 0 Å². The monoisotopic (exact) mass is 510 g/mol. The molecule has 0 saturated carbocycles. The first-order chi connectivity index (χ1) is 18.1. The summed E-state index contributed by atoms with van der Waals surface area (Å²) in [4.78, 5) is 20.4. The van der Waals surface area contributed by atoms with Crippen LogP contribution in [0.4, 0.5) is 15.8 Å². The molecular weight excluding hydrogens is 487 g/mol. The lowest BCUT2D eigenvalue weighted by Crippen LogP contribution is -2.28. The zero-order chi connectivity index (χ0) is 25.6. The van der Waals surface area contributed by atoms with Crippen LogP contribution in [0.5, 0.6) is 11.5 Å². The molecule has 1 heterocycles. The van der Waals surface area contributed by atoms with E-state index in [1.807, 2.05) is 66.7 Å². The van der Waals surface area contributed by atoms with Gasteiger partial charge in [-0.1, -0.05) is 60.7 Å². The molecule has 0 radical (unpaired) electrons. The highest BCUT2D eigenvalue weighted by atomic mass is 32.2. The van der Waals surface area contributed by atoms with Crippen molar-refractivity contribution < 1.29 is 18.7 Å². The number of ether oxygens (including phenoxy) is 2. The van der Waals surface area contributed by atoms with Crippen molar-refractivity contribution in [1.29, 1.82) is 0 Å². The first-order valence-corrected chi connectivity index (χ1v) is 12.4. The molecule has 1 saturated heterocycles. The normalized spacial score (nSPS) is 15.4. The fourth-order valence-corrected chi connectivity index (χ4v) is 4.78. The minimum Gasteiger partial charge on any atom is -0.493 e. The minimum absolute atomic E-state index is 0.0726. The average Bonchev–Trinajstić information content (AvgIpc) is 3.23. The summed E-state index contributed by atoms with van der Waals surface area (Å²) in [6.07, 6.45) is 1.81. The van der Waals surface area contributed by atoms with Crippen molar-refractivity contribution in [3.05, 3.63) is 125 Å². The second-order valence-corrected chi connectivity index (χ2v) is 9.12. The molecule has 7 heteroatoms. The Balaban J connectivity index is 1.43. The summed E-state index contributed by atoms with van der Waals surface area (Å²) >= 11 is 1.31. The molecule has 0 unspecified atom stereocenters. The van der Waals surface area contributed by atoms with E-state index in [1.54, 1.807) is 48.4 Å². The molecule has 0 aromatic heterocycles. The predicted molar refractivity (Wildman–Crippen MR) is 147 cm³/mol. The van der Waals surface area contributed by atoms with Gasteiger partial charge < -0.3 is 9.47 Å². The van der Waals surface area contributed by atoms with Crippen molar-refractivity contribution in [1.82, 2.24) is 0 Å². The van der Waals surface area contributed by atoms with E-state index in [0.717, 1.165) is 16.9 Å². The van der Waals surface area contributed by atoms with Gasteiger partial charge in [0.2, 0.25) is 0 Å². The molecule has 4 aromatic carbocycles. The summed E-state index contributed by atoms with van der Waals surface area (Å²) < 4.78 is 25.3. The van der Waals surface area contributed by atoms with E-state index >= 15 is 0 Å². The second-order valence-electron chi connectivity index (χ2n) is 8.11. The molecule has 0 aliphatic carbocycles. The number of rotatable bonds is 7. The van der Waals surface area contributed by atoms with Crippen molar-refractivity contribution in [2.45, 2.75) is 6.61 Å². The van der Waals surface area contributed by atoms with E-state index in [0.29, 0.717) is 27.1 Å². The third-order valence-corrected chi connectivity index (χ3v) is 6.60. The van der Waals surface area contributed by atoms with Gasteiger partial charge in [-0.25, -0.2) is 9.38 Å². The number of amidine groups is 1. The number of amides is 1. The number of benzene rings is 4. The molecule has 0 spiro atoms. The highest BCUT2D eigenvalue weighted by Crippen LogP contribution is 2.38. The van der Waals surface area contributed by atoms with Crippen LogP contribution in [0.2, 0.25) is 0 Å². The predicted octanol–water partition coefficient (Wildman–Crippen LogP) is 7.22. The maximum absolute atomic E-state index is 14.0. The molecule has 0 bridgehead atoms. The van der Waals surface area contributed by atoms with Crippen LogP contribution < -0.4 is 14.4 Å². The quantitative estimate of drug-likeness (QED) is 0.246. The SMILES string of the molecule is COc1cc(C=C2SC(=Nc3ccccc3)N(c3ccccc3)C2=O)ccc1OCc1ccccc1F. The number of aliphatic imine (C=N–C) groups is 1. The van der Waals surface area contributed by atoms with Crippen LogP contribution in [0, 0.1) is 5.82 Å². The topological polar surface area (TPSA) is 51.1 Å². The number of hydrogen-bond acceptors (Lipinski definition) is 5. The number of nitrogens with zero attached hydrogens (tertiary/aromatic N) is 2. The average molecular weight is 511 g/mol. The van der Waals surface area contributed by atoms with Crippen LogP contribution in [0.15, 0.2) is 113 Å². The lowest BCUT2D eigenvalue weighted by atomic mass is 10.1. The highest BCUT2D eigenvalue weighted by molar-refractivity contribution is 8.19. The summed E-state index contributed by atoms with van der Waals surface area (Å²) in [7, 11) is 1.54. The Hall–Kier alpha value is -4.36. The van der Waals surface area contributed by atoms with Crippen LogP contribution in [0.1, 0.15) is 11.1 Å². The summed E-state index contributed by atoms with van der Waals surface area (Å²) in [5.41, 5.74) is 2.72. The van der Waals surface area contributed by atoms with Gasteiger partial charge in [-0.05, 0) is 65.9 Å². The molecule has 184 valence electrons. The van der Waals surface area contributed by atoms with Gasteiger partial charge in [0.1, 0.15) is 12.4 Å². The second kappa shape index (κ2) is 11.1. The smallest absolute Gasteiger partial charge is 0.271 e. The molecule has 4 aromatic rings. The molecule has 37 heavy (non-hydrogen) atoms. The van der Waals surface area contributed by atoms with Gasteiger partial charge in [0.25, 0.3) is 5.91 Å². The molecule has 0 atom stereocenters. The number of methoxy groups -OCH3 is 1. The highest BCUT2D eigenvalue weighted by Gasteiger charge is 2.34. The maximum Gasteiger partial charge on any atom is 0.271 e. The first-order valence-electron chi connectivity index (χ1n) is 11.6. The summed E-state index contributed by atoms with van der Waals surface area (Å²) in [6, 6.07) is 30.8. The van der Waals surface area contributed by atoms with E-state index in [9.17, 15) is 9.18 Å². The summed E-state index contributed by atoms with van der Waals surface area (Å²) in [6.45, 7) is 0.0726. The number of carbonyl (C=O) groups is 1. The minimum atomic E-state index is -0.324. The standard InChI is InChI=1S/C30H23FN2O3S/c1-35-27-18-21(16-17-26(27)36-20-22-10-8-9-15-25(22)31)19-28-29(34)33(24-13-6-3-7-14-24)30(37-28)32-23-11-4-2-5-12-23/h2-19H,20H2,1H3. The number of hydrogen-bond donors (Lipinski definition) is 0. The number of anilines is 1. The Bertz CT molecular complexity index is 1470. The van der Waals surface area contributed by atoms with Crippen LogP contribution >= 0.6 is 11.8 Å². The van der Waals surface area contributed by atoms with Gasteiger partial charge in [0.05, 0.1) is 23.4 Å². The number of carbonyl (C=O) groups excluding carboxylic acids is 1. The summed E-state index contributed by atoms with van der Waals surface area (Å²) in [5, 5.41) is 0.574. The zero-order valence-corrected chi connectivity index (χ0v) is 20.8. The molecule has 1 aliphatic rings. The van der Waals surface area contributed by atoms with E-state index < -0.39 is 0 Å². The van der Waals surface area contributed by atoms with Crippen molar-refractivity contribution in [3.8, 4) is 11.5 Å². The number of thioether (sulfide) groups is 1. The lowest BCUT2D eigenvalue weighted by Gasteiger charge is -2.15.